The van der Waals surface area contributed by atoms with Gasteiger partial charge in [0.1, 0.15) is 6.67 Å². The Labute approximate surface area is 46.2 Å². The van der Waals surface area contributed by atoms with Gasteiger partial charge in [-0.3, -0.25) is 4.18 Å². The highest BCUT2D eigenvalue weighted by Gasteiger charge is 1.90. The van der Waals surface area contributed by atoms with Crippen molar-refractivity contribution in [3.05, 3.63) is 0 Å². The minimum Gasteiger partial charge on any atom is -0.726 e. The molecule has 0 N–H and O–H groups in total. The van der Waals surface area contributed by atoms with Crippen molar-refractivity contribution in [1.29, 1.82) is 0 Å². The van der Waals surface area contributed by atoms with E-state index < -0.39 is 23.7 Å². The van der Waals surface area contributed by atoms with E-state index in [9.17, 15) is 17.4 Å². The van der Waals surface area contributed by atoms with E-state index in [-0.39, 0.29) is 0 Å². The van der Waals surface area contributed by atoms with Crippen molar-refractivity contribution in [2.75, 3.05) is 13.3 Å². The predicted molar refractivity (Wildman–Crippen MR) is 21.6 cm³/mol. The van der Waals surface area contributed by atoms with Crippen LogP contribution in [0.2, 0.25) is 0 Å². The minimum absolute atomic E-state index is 0.689. The summed E-state index contributed by atoms with van der Waals surface area (Å²) in [5, 5.41) is 0. The zero-order valence-corrected chi connectivity index (χ0v) is 4.65. The molecule has 0 bridgehead atoms. The molecule has 0 saturated heterocycles. The molecule has 0 aromatic heterocycles. The summed E-state index contributed by atoms with van der Waals surface area (Å²) in [6.07, 6.45) is 0. The van der Waals surface area contributed by atoms with Crippen molar-refractivity contribution < 1.29 is 21.5 Å². The van der Waals surface area contributed by atoms with Crippen LogP contribution in [-0.2, 0) is 14.6 Å². The van der Waals surface area contributed by atoms with Crippen LogP contribution in [0.4, 0.5) is 4.39 Å². The second-order valence-electron chi connectivity index (χ2n) is 0.919. The summed E-state index contributed by atoms with van der Waals surface area (Å²) in [7, 11) is -4.68. The third-order valence-electron chi connectivity index (χ3n) is 0.305. The molecule has 0 unspecified atom stereocenters. The Kier molecular flexibility index (Phi) is 2.88. The molecule has 0 heterocycles. The van der Waals surface area contributed by atoms with Crippen LogP contribution in [0.5, 0.6) is 0 Å². The monoisotopic (exact) mass is 143 g/mol. The van der Waals surface area contributed by atoms with Crippen LogP contribution in [0.15, 0.2) is 0 Å². The lowest BCUT2D eigenvalue weighted by Crippen LogP contribution is -2.05. The smallest absolute Gasteiger partial charge is 0.217 e. The molecule has 0 aliphatic rings. The van der Waals surface area contributed by atoms with Crippen molar-refractivity contribution in [2.24, 2.45) is 0 Å². The van der Waals surface area contributed by atoms with Gasteiger partial charge in [0.05, 0.1) is 6.61 Å². The molecular formula is C2H4FO4S-. The lowest BCUT2D eigenvalue weighted by Gasteiger charge is -2.03. The molecule has 8 heavy (non-hydrogen) atoms. The average molecular weight is 143 g/mol. The van der Waals surface area contributed by atoms with Gasteiger partial charge < -0.3 is 4.55 Å². The van der Waals surface area contributed by atoms with Crippen molar-refractivity contribution in [3.63, 3.8) is 0 Å². The summed E-state index contributed by atoms with van der Waals surface area (Å²) in [5.74, 6) is 0. The highest BCUT2D eigenvalue weighted by molar-refractivity contribution is 7.80. The van der Waals surface area contributed by atoms with Crippen LogP contribution < -0.4 is 0 Å². The first kappa shape index (κ1) is 7.80. The van der Waals surface area contributed by atoms with E-state index >= 15 is 0 Å². The molecular weight excluding hydrogens is 139 g/mol. The first-order chi connectivity index (χ1) is 3.56. The number of hydrogen-bond donors (Lipinski definition) is 0. The fraction of sp³-hybridized carbons (Fsp3) is 1.00. The Bertz CT molecular complexity index is 138. The van der Waals surface area contributed by atoms with Gasteiger partial charge in [0.15, 0.2) is 0 Å². The van der Waals surface area contributed by atoms with Crippen molar-refractivity contribution >= 4 is 10.4 Å². The van der Waals surface area contributed by atoms with Gasteiger partial charge in [0.2, 0.25) is 10.4 Å². The van der Waals surface area contributed by atoms with Crippen LogP contribution in [0, 0.1) is 0 Å². The van der Waals surface area contributed by atoms with Gasteiger partial charge in [-0.1, -0.05) is 0 Å². The van der Waals surface area contributed by atoms with Gasteiger partial charge >= 0.3 is 0 Å². The third-order valence-corrected chi connectivity index (χ3v) is 0.760. The molecule has 0 amide bonds. The van der Waals surface area contributed by atoms with Gasteiger partial charge in [-0.05, 0) is 0 Å². The fourth-order valence-corrected chi connectivity index (χ4v) is 0.401. The predicted octanol–water partition coefficient (Wildman–Crippen LogP) is -0.567. The molecule has 0 saturated carbocycles. The first-order valence-corrected chi connectivity index (χ1v) is 3.06. The van der Waals surface area contributed by atoms with Crippen LogP contribution in [0.3, 0.4) is 0 Å². The first-order valence-electron chi connectivity index (χ1n) is 1.72. The number of halogens is 1. The topological polar surface area (TPSA) is 66.4 Å². The number of alkyl halides is 1. The third kappa shape index (κ3) is 5.80. The number of rotatable bonds is 3. The number of hydrogen-bond acceptors (Lipinski definition) is 4. The van der Waals surface area contributed by atoms with Crippen LogP contribution in [-0.4, -0.2) is 26.3 Å². The molecule has 0 atom stereocenters. The van der Waals surface area contributed by atoms with Gasteiger partial charge in [0.25, 0.3) is 0 Å². The minimum atomic E-state index is -4.68. The second-order valence-corrected chi connectivity index (χ2v) is 1.97. The van der Waals surface area contributed by atoms with Crippen molar-refractivity contribution in [3.8, 4) is 0 Å². The van der Waals surface area contributed by atoms with Crippen molar-refractivity contribution in [2.45, 2.75) is 0 Å². The Morgan fingerprint density at radius 3 is 2.25 bits per heavy atom. The molecule has 0 aromatic carbocycles. The molecule has 0 aromatic rings. The van der Waals surface area contributed by atoms with E-state index in [1.165, 1.54) is 0 Å². The Hall–Kier alpha value is -0.200. The molecule has 50 valence electrons. The van der Waals surface area contributed by atoms with Gasteiger partial charge in [0, 0.05) is 0 Å². The largest absolute Gasteiger partial charge is 0.726 e. The highest BCUT2D eigenvalue weighted by Crippen LogP contribution is 1.83. The lowest BCUT2D eigenvalue weighted by atomic mass is 10.9. The molecule has 0 radical (unpaired) electrons. The van der Waals surface area contributed by atoms with E-state index in [1.807, 2.05) is 0 Å². The van der Waals surface area contributed by atoms with Crippen LogP contribution >= 0.6 is 0 Å². The maximum atomic E-state index is 11.0. The van der Waals surface area contributed by atoms with Gasteiger partial charge in [-0.25, -0.2) is 12.8 Å². The molecule has 0 fully saturated rings. The highest BCUT2D eigenvalue weighted by atomic mass is 32.3. The lowest BCUT2D eigenvalue weighted by molar-refractivity contribution is 0.236. The van der Waals surface area contributed by atoms with Crippen LogP contribution in [0.25, 0.3) is 0 Å². The zero-order chi connectivity index (χ0) is 6.62. The van der Waals surface area contributed by atoms with Crippen molar-refractivity contribution in [1.82, 2.24) is 0 Å². The summed E-state index contributed by atoms with van der Waals surface area (Å²) in [5.41, 5.74) is 0. The SMILES string of the molecule is O=S(=O)([O-])OCCF. The molecule has 4 nitrogen and oxygen atoms in total. The quantitative estimate of drug-likeness (QED) is 0.392. The summed E-state index contributed by atoms with van der Waals surface area (Å²) >= 11 is 0. The van der Waals surface area contributed by atoms with E-state index in [0.29, 0.717) is 0 Å². The maximum Gasteiger partial charge on any atom is 0.217 e. The summed E-state index contributed by atoms with van der Waals surface area (Å²) in [6.45, 7) is -1.66. The molecule has 0 rings (SSSR count). The van der Waals surface area contributed by atoms with E-state index in [1.54, 1.807) is 0 Å². The summed E-state index contributed by atoms with van der Waals surface area (Å²) in [4.78, 5) is 0. The van der Waals surface area contributed by atoms with E-state index in [0.717, 1.165) is 0 Å². The Morgan fingerprint density at radius 1 is 1.62 bits per heavy atom. The van der Waals surface area contributed by atoms with E-state index in [4.69, 9.17) is 0 Å². The Morgan fingerprint density at radius 2 is 2.12 bits per heavy atom. The molecule has 0 aliphatic carbocycles. The average Bonchev–Trinajstić information content (AvgIpc) is 1.59. The van der Waals surface area contributed by atoms with Crippen LogP contribution in [0.1, 0.15) is 0 Å². The molecule has 6 heteroatoms. The second kappa shape index (κ2) is 2.95. The fourth-order valence-electron chi connectivity index (χ4n) is 0.134. The normalized spacial score (nSPS) is 11.8. The maximum absolute atomic E-state index is 11.0. The summed E-state index contributed by atoms with van der Waals surface area (Å²) < 4.78 is 42.8. The van der Waals surface area contributed by atoms with Gasteiger partial charge in [-0.15, -0.1) is 0 Å². The zero-order valence-electron chi connectivity index (χ0n) is 3.83. The van der Waals surface area contributed by atoms with Gasteiger partial charge in [-0.2, -0.15) is 0 Å². The standard InChI is InChI=1S/C2H5FO4S/c3-1-2-7-8(4,5)6/h1-2H2,(H,4,5,6)/p-1. The Balaban J connectivity index is 3.42. The summed E-state index contributed by atoms with van der Waals surface area (Å²) in [6, 6.07) is 0. The van der Waals surface area contributed by atoms with E-state index in [2.05, 4.69) is 4.18 Å². The molecule has 0 aliphatic heterocycles. The molecule has 0 spiro atoms.